The highest BCUT2D eigenvalue weighted by atomic mass is 19.4. The molecule has 3 aromatic rings. The third-order valence-corrected chi connectivity index (χ3v) is 4.51. The average molecular weight is 476 g/mol. The lowest BCUT2D eigenvalue weighted by molar-refractivity contribution is -0.384. The average Bonchev–Trinajstić information content (AvgIpc) is 2.76. The third-order valence-electron chi connectivity index (χ3n) is 4.51. The number of ether oxygens (including phenoxy) is 1. The van der Waals surface area contributed by atoms with Crippen LogP contribution in [0.5, 0.6) is 5.75 Å². The number of nitro groups is 1. The fourth-order valence-corrected chi connectivity index (χ4v) is 3.00. The van der Waals surface area contributed by atoms with Crippen LogP contribution in [0.15, 0.2) is 54.6 Å². The molecule has 3 rings (SSSR count). The molecule has 0 bridgehead atoms. The van der Waals surface area contributed by atoms with E-state index in [4.69, 9.17) is 0 Å². The highest BCUT2D eigenvalue weighted by Crippen LogP contribution is 2.29. The van der Waals surface area contributed by atoms with Crippen LogP contribution in [0.2, 0.25) is 0 Å². The lowest BCUT2D eigenvalue weighted by Crippen LogP contribution is -2.17. The zero-order valence-corrected chi connectivity index (χ0v) is 18.5. The van der Waals surface area contributed by atoms with Crippen molar-refractivity contribution in [2.75, 3.05) is 37.8 Å². The van der Waals surface area contributed by atoms with Gasteiger partial charge in [0, 0.05) is 36.0 Å². The molecule has 0 aliphatic rings. The molecule has 9 nitrogen and oxygen atoms in total. The molecule has 0 radical (unpaired) electrons. The summed E-state index contributed by atoms with van der Waals surface area (Å²) in [7, 11) is 3.92. The maximum Gasteiger partial charge on any atom is 0.573 e. The first-order valence-corrected chi connectivity index (χ1v) is 10.2. The predicted molar refractivity (Wildman–Crippen MR) is 122 cm³/mol. The van der Waals surface area contributed by atoms with Gasteiger partial charge in [-0.25, -0.2) is 4.98 Å². The Labute approximate surface area is 193 Å². The summed E-state index contributed by atoms with van der Waals surface area (Å²) in [5.41, 5.74) is 1.25. The highest BCUT2D eigenvalue weighted by molar-refractivity contribution is 5.68. The van der Waals surface area contributed by atoms with Crippen LogP contribution in [0.3, 0.4) is 0 Å². The predicted octanol–water partition coefficient (Wildman–Crippen LogP) is 5.06. The summed E-state index contributed by atoms with van der Waals surface area (Å²) in [6.07, 6.45) is -3.99. The number of alkyl halides is 3. The van der Waals surface area contributed by atoms with E-state index in [0.717, 1.165) is 13.0 Å². The Balaban J connectivity index is 1.89. The zero-order chi connectivity index (χ0) is 24.7. The van der Waals surface area contributed by atoms with Gasteiger partial charge in [0.2, 0.25) is 5.95 Å². The van der Waals surface area contributed by atoms with Crippen molar-refractivity contribution in [1.82, 2.24) is 14.9 Å². The van der Waals surface area contributed by atoms with Gasteiger partial charge in [-0.1, -0.05) is 12.1 Å². The number of nitro benzene ring substituents is 1. The molecule has 1 aromatic heterocycles. The van der Waals surface area contributed by atoms with Crippen molar-refractivity contribution in [2.24, 2.45) is 0 Å². The number of non-ortho nitro benzene ring substituents is 1. The van der Waals surface area contributed by atoms with E-state index in [9.17, 15) is 23.3 Å². The van der Waals surface area contributed by atoms with Gasteiger partial charge in [0.25, 0.3) is 5.69 Å². The first-order valence-electron chi connectivity index (χ1n) is 10.2. The second-order valence-electron chi connectivity index (χ2n) is 7.55. The molecule has 0 atom stereocenters. The number of benzene rings is 2. The zero-order valence-electron chi connectivity index (χ0n) is 18.5. The highest BCUT2D eigenvalue weighted by Gasteiger charge is 2.31. The second-order valence-corrected chi connectivity index (χ2v) is 7.55. The van der Waals surface area contributed by atoms with Crippen molar-refractivity contribution >= 4 is 23.1 Å². The van der Waals surface area contributed by atoms with Crippen molar-refractivity contribution in [3.05, 3.63) is 64.7 Å². The molecule has 1 heterocycles. The Morgan fingerprint density at radius 1 is 1.09 bits per heavy atom. The van der Waals surface area contributed by atoms with Gasteiger partial charge >= 0.3 is 6.36 Å². The van der Waals surface area contributed by atoms with E-state index in [1.807, 2.05) is 19.0 Å². The minimum Gasteiger partial charge on any atom is -0.406 e. The van der Waals surface area contributed by atoms with Crippen LogP contribution in [-0.4, -0.2) is 53.3 Å². The number of hydrogen-bond donors (Lipinski definition) is 2. The summed E-state index contributed by atoms with van der Waals surface area (Å²) < 4.78 is 41.9. The van der Waals surface area contributed by atoms with Gasteiger partial charge in [-0.15, -0.1) is 13.2 Å². The molecule has 0 spiro atoms. The van der Waals surface area contributed by atoms with Crippen molar-refractivity contribution in [1.29, 1.82) is 0 Å². The van der Waals surface area contributed by atoms with Crippen LogP contribution in [0.1, 0.15) is 6.42 Å². The van der Waals surface area contributed by atoms with Crippen molar-refractivity contribution in [3.63, 3.8) is 0 Å². The molecule has 0 saturated carbocycles. The number of anilines is 3. The molecule has 0 amide bonds. The Hall–Kier alpha value is -3.93. The van der Waals surface area contributed by atoms with Gasteiger partial charge in [-0.3, -0.25) is 10.1 Å². The maximum absolute atomic E-state index is 12.6. The van der Waals surface area contributed by atoms with E-state index in [2.05, 4.69) is 25.3 Å². The van der Waals surface area contributed by atoms with Crippen LogP contribution < -0.4 is 15.4 Å². The molecule has 12 heteroatoms. The molecule has 0 fully saturated rings. The minimum atomic E-state index is -4.81. The number of rotatable bonds is 10. The molecule has 0 aliphatic heterocycles. The van der Waals surface area contributed by atoms with E-state index in [1.54, 1.807) is 12.1 Å². The number of aromatic nitrogens is 2. The largest absolute Gasteiger partial charge is 0.573 e. The number of nitrogens with zero attached hydrogens (tertiary/aromatic N) is 4. The topological polar surface area (TPSA) is 105 Å². The fourth-order valence-electron chi connectivity index (χ4n) is 3.00. The van der Waals surface area contributed by atoms with Crippen LogP contribution in [0.4, 0.5) is 36.3 Å². The lowest BCUT2D eigenvalue weighted by atomic mass is 10.1. The Morgan fingerprint density at radius 2 is 1.82 bits per heavy atom. The number of hydrogen-bond acceptors (Lipinski definition) is 8. The molecule has 0 unspecified atom stereocenters. The summed E-state index contributed by atoms with van der Waals surface area (Å²) in [5, 5.41) is 17.0. The van der Waals surface area contributed by atoms with Crippen LogP contribution >= 0.6 is 0 Å². The van der Waals surface area contributed by atoms with Gasteiger partial charge in [-0.05, 0) is 51.3 Å². The second kappa shape index (κ2) is 10.8. The van der Waals surface area contributed by atoms with E-state index < -0.39 is 11.3 Å². The van der Waals surface area contributed by atoms with E-state index in [0.29, 0.717) is 29.3 Å². The Bertz CT molecular complexity index is 1120. The van der Waals surface area contributed by atoms with Crippen molar-refractivity contribution < 1.29 is 22.8 Å². The van der Waals surface area contributed by atoms with Gasteiger partial charge < -0.3 is 20.3 Å². The molecule has 2 aromatic carbocycles. The molecule has 0 aliphatic carbocycles. The van der Waals surface area contributed by atoms with Gasteiger partial charge in [0.15, 0.2) is 0 Å². The molecular weight excluding hydrogens is 453 g/mol. The molecule has 2 N–H and O–H groups in total. The quantitative estimate of drug-likeness (QED) is 0.238. The number of nitrogens with one attached hydrogen (secondary N) is 2. The van der Waals surface area contributed by atoms with Crippen LogP contribution in [-0.2, 0) is 0 Å². The maximum atomic E-state index is 12.6. The van der Waals surface area contributed by atoms with Gasteiger partial charge in [0.05, 0.1) is 10.6 Å². The Kier molecular flexibility index (Phi) is 7.84. The minimum absolute atomic E-state index is 0.0568. The van der Waals surface area contributed by atoms with Crippen molar-refractivity contribution in [2.45, 2.75) is 12.8 Å². The SMILES string of the molecule is CN(C)CCCNc1nc(Nc2ccc([N+](=O)[O-])cc2)cc(-c2cccc(OC(F)(F)F)c2)n1. The van der Waals surface area contributed by atoms with Crippen LogP contribution in [0, 0.1) is 10.1 Å². The summed E-state index contributed by atoms with van der Waals surface area (Å²) in [5.74, 6) is 0.271. The summed E-state index contributed by atoms with van der Waals surface area (Å²) >= 11 is 0. The van der Waals surface area contributed by atoms with E-state index in [-0.39, 0.29) is 17.4 Å². The summed E-state index contributed by atoms with van der Waals surface area (Å²) in [6, 6.07) is 12.8. The van der Waals surface area contributed by atoms with E-state index >= 15 is 0 Å². The van der Waals surface area contributed by atoms with Gasteiger partial charge in [-0.2, -0.15) is 4.98 Å². The number of halogens is 3. The normalized spacial score (nSPS) is 11.4. The first-order chi connectivity index (χ1) is 16.1. The molecular formula is C22H23F3N6O3. The fraction of sp³-hybridized carbons (Fsp3) is 0.273. The smallest absolute Gasteiger partial charge is 0.406 e. The van der Waals surface area contributed by atoms with Gasteiger partial charge in [0.1, 0.15) is 11.6 Å². The molecule has 0 saturated heterocycles. The monoisotopic (exact) mass is 476 g/mol. The Morgan fingerprint density at radius 3 is 2.47 bits per heavy atom. The first kappa shape index (κ1) is 24.7. The molecule has 34 heavy (non-hydrogen) atoms. The summed E-state index contributed by atoms with van der Waals surface area (Å²) in [6.45, 7) is 1.42. The van der Waals surface area contributed by atoms with Crippen molar-refractivity contribution in [3.8, 4) is 17.0 Å². The standard InChI is InChI=1S/C22H23F3N6O3/c1-30(2)12-4-11-26-21-28-19(15-5-3-6-18(13-15)34-22(23,24)25)14-20(29-21)27-16-7-9-17(10-8-16)31(32)33/h3,5-10,13-14H,4,11-12H2,1-2H3,(H2,26,27,28,29). The lowest BCUT2D eigenvalue weighted by Gasteiger charge is -2.14. The van der Waals surface area contributed by atoms with E-state index in [1.165, 1.54) is 42.5 Å². The molecule has 180 valence electrons. The third kappa shape index (κ3) is 7.59. The summed E-state index contributed by atoms with van der Waals surface area (Å²) in [4.78, 5) is 21.3. The van der Waals surface area contributed by atoms with Crippen LogP contribution in [0.25, 0.3) is 11.3 Å².